The third-order valence-electron chi connectivity index (χ3n) is 8.83. The van der Waals surface area contributed by atoms with Gasteiger partial charge in [-0.15, -0.1) is 6.58 Å². The number of hydrogen-bond donors (Lipinski definition) is 0. The van der Waals surface area contributed by atoms with Crippen LogP contribution in [-0.4, -0.2) is 0 Å². The third-order valence-corrected chi connectivity index (χ3v) is 8.83. The van der Waals surface area contributed by atoms with E-state index in [4.69, 9.17) is 0 Å². The maximum absolute atomic E-state index is 15.2. The molecule has 0 unspecified atom stereocenters. The highest BCUT2D eigenvalue weighted by molar-refractivity contribution is 5.71. The summed E-state index contributed by atoms with van der Waals surface area (Å²) in [5.74, 6) is 0.829. The Bertz CT molecular complexity index is 1210. The molecule has 0 spiro atoms. The van der Waals surface area contributed by atoms with Crippen molar-refractivity contribution in [3.05, 3.63) is 95.8 Å². The fourth-order valence-electron chi connectivity index (χ4n) is 6.50. The highest BCUT2D eigenvalue weighted by atomic mass is 19.2. The Hall–Kier alpha value is -2.81. The maximum atomic E-state index is 15.2. The summed E-state index contributed by atoms with van der Waals surface area (Å²) in [5.41, 5.74) is 3.61. The van der Waals surface area contributed by atoms with E-state index in [2.05, 4.69) is 12.7 Å². The van der Waals surface area contributed by atoms with Crippen LogP contribution in [0.4, 0.5) is 13.2 Å². The molecule has 2 aliphatic rings. The molecule has 0 bridgehead atoms. The van der Waals surface area contributed by atoms with Crippen LogP contribution >= 0.6 is 0 Å². The van der Waals surface area contributed by atoms with E-state index in [1.165, 1.54) is 38.5 Å². The van der Waals surface area contributed by atoms with E-state index >= 15 is 4.39 Å². The number of halogens is 3. The molecule has 0 aliphatic heterocycles. The Morgan fingerprint density at radius 2 is 1.25 bits per heavy atom. The standard InChI is InChI=1S/C33H35F3/c1-3-22-5-7-23(8-6-22)24-9-13-26(14-10-24)29-19-17-28(20-31(29)34)25-11-15-27(16-12-25)30-18-4-21(2)32(35)33(30)36/h3-4,11-12,15-20,22-24,26H,1,5-10,13-14H2,2H3. The smallest absolute Gasteiger partial charge is 0.166 e. The Kier molecular flexibility index (Phi) is 7.37. The van der Waals surface area contributed by atoms with Gasteiger partial charge in [0.05, 0.1) is 0 Å². The molecule has 0 radical (unpaired) electrons. The molecule has 0 amide bonds. The van der Waals surface area contributed by atoms with Crippen molar-refractivity contribution >= 4 is 0 Å². The molecule has 2 fully saturated rings. The van der Waals surface area contributed by atoms with Crippen molar-refractivity contribution in [2.24, 2.45) is 17.8 Å². The zero-order chi connectivity index (χ0) is 25.2. The van der Waals surface area contributed by atoms with Crippen molar-refractivity contribution < 1.29 is 13.2 Å². The number of benzene rings is 3. The lowest BCUT2D eigenvalue weighted by atomic mass is 9.68. The minimum atomic E-state index is -0.836. The molecule has 3 aromatic carbocycles. The van der Waals surface area contributed by atoms with Crippen LogP contribution in [0.3, 0.4) is 0 Å². The van der Waals surface area contributed by atoms with E-state index in [9.17, 15) is 8.78 Å². The minimum absolute atomic E-state index is 0.141. The molecule has 3 heteroatoms. The summed E-state index contributed by atoms with van der Waals surface area (Å²) < 4.78 is 43.6. The number of allylic oxidation sites excluding steroid dienone is 1. The Morgan fingerprint density at radius 1 is 0.667 bits per heavy atom. The van der Waals surface area contributed by atoms with Crippen LogP contribution in [-0.2, 0) is 0 Å². The molecule has 0 saturated heterocycles. The van der Waals surface area contributed by atoms with Gasteiger partial charge < -0.3 is 0 Å². The fraction of sp³-hybridized carbons (Fsp3) is 0.394. The van der Waals surface area contributed by atoms with Crippen molar-refractivity contribution in [2.75, 3.05) is 0 Å². The fourth-order valence-corrected chi connectivity index (χ4v) is 6.50. The van der Waals surface area contributed by atoms with E-state index < -0.39 is 11.6 Å². The van der Waals surface area contributed by atoms with Gasteiger partial charge in [0.25, 0.3) is 0 Å². The first kappa shape index (κ1) is 24.9. The summed E-state index contributed by atoms with van der Waals surface area (Å²) in [6.07, 6.45) is 11.9. The van der Waals surface area contributed by atoms with Gasteiger partial charge in [0.2, 0.25) is 0 Å². The Morgan fingerprint density at radius 3 is 1.86 bits per heavy atom. The molecular weight excluding hydrogens is 453 g/mol. The first-order valence-corrected chi connectivity index (χ1v) is 13.4. The van der Waals surface area contributed by atoms with Gasteiger partial charge in [-0.2, -0.15) is 0 Å². The predicted octanol–water partition coefficient (Wildman–Crippen LogP) is 10.0. The molecule has 0 heterocycles. The highest BCUT2D eigenvalue weighted by Crippen LogP contribution is 2.44. The lowest BCUT2D eigenvalue weighted by Gasteiger charge is -2.37. The molecule has 188 valence electrons. The van der Waals surface area contributed by atoms with E-state index in [1.807, 2.05) is 24.3 Å². The van der Waals surface area contributed by atoms with Crippen molar-refractivity contribution in [1.82, 2.24) is 0 Å². The van der Waals surface area contributed by atoms with Gasteiger partial charge in [0, 0.05) is 5.56 Å². The quantitative estimate of drug-likeness (QED) is 0.313. The Labute approximate surface area is 213 Å². The van der Waals surface area contributed by atoms with Crippen LogP contribution in [0.1, 0.15) is 68.4 Å². The van der Waals surface area contributed by atoms with Gasteiger partial charge in [0.15, 0.2) is 11.6 Å². The second-order valence-corrected chi connectivity index (χ2v) is 10.9. The van der Waals surface area contributed by atoms with E-state index in [1.54, 1.807) is 37.3 Å². The van der Waals surface area contributed by atoms with Crippen LogP contribution in [0.5, 0.6) is 0 Å². The number of hydrogen-bond acceptors (Lipinski definition) is 0. The average Bonchev–Trinajstić information content (AvgIpc) is 2.92. The van der Waals surface area contributed by atoms with Gasteiger partial charge in [0.1, 0.15) is 5.82 Å². The molecule has 0 atom stereocenters. The lowest BCUT2D eigenvalue weighted by molar-refractivity contribution is 0.171. The molecule has 36 heavy (non-hydrogen) atoms. The topological polar surface area (TPSA) is 0 Å². The van der Waals surface area contributed by atoms with Crippen LogP contribution in [0.25, 0.3) is 22.3 Å². The molecule has 2 aliphatic carbocycles. The molecule has 3 aromatic rings. The summed E-state index contributed by atoms with van der Waals surface area (Å²) in [5, 5.41) is 0. The second kappa shape index (κ2) is 10.7. The second-order valence-electron chi connectivity index (χ2n) is 10.9. The van der Waals surface area contributed by atoms with Gasteiger partial charge in [-0.1, -0.05) is 54.6 Å². The normalized spacial score (nSPS) is 24.4. The number of aryl methyl sites for hydroxylation is 1. The maximum Gasteiger partial charge on any atom is 0.166 e. The summed E-state index contributed by atoms with van der Waals surface area (Å²) in [6, 6.07) is 15.9. The number of rotatable bonds is 5. The van der Waals surface area contributed by atoms with Crippen LogP contribution in [0, 0.1) is 42.1 Å². The predicted molar refractivity (Wildman–Crippen MR) is 142 cm³/mol. The Balaban J connectivity index is 1.24. The van der Waals surface area contributed by atoms with Crippen LogP contribution < -0.4 is 0 Å². The van der Waals surface area contributed by atoms with Gasteiger partial charge in [-0.05, 0) is 116 Å². The third kappa shape index (κ3) is 5.03. The van der Waals surface area contributed by atoms with Gasteiger partial charge >= 0.3 is 0 Å². The van der Waals surface area contributed by atoms with Crippen molar-refractivity contribution in [1.29, 1.82) is 0 Å². The molecule has 0 aromatic heterocycles. The zero-order valence-electron chi connectivity index (χ0n) is 21.1. The first-order chi connectivity index (χ1) is 17.4. The van der Waals surface area contributed by atoms with Crippen molar-refractivity contribution in [2.45, 2.75) is 64.2 Å². The molecule has 2 saturated carbocycles. The van der Waals surface area contributed by atoms with Gasteiger partial charge in [-0.25, -0.2) is 13.2 Å². The minimum Gasteiger partial charge on any atom is -0.207 e. The zero-order valence-corrected chi connectivity index (χ0v) is 21.1. The van der Waals surface area contributed by atoms with E-state index in [-0.39, 0.29) is 16.9 Å². The first-order valence-electron chi connectivity index (χ1n) is 13.4. The van der Waals surface area contributed by atoms with Crippen LogP contribution in [0.15, 0.2) is 67.3 Å². The van der Waals surface area contributed by atoms with Crippen molar-refractivity contribution in [3.63, 3.8) is 0 Å². The molecule has 5 rings (SSSR count). The van der Waals surface area contributed by atoms with Gasteiger partial charge in [-0.3, -0.25) is 0 Å². The molecule has 0 nitrogen and oxygen atoms in total. The van der Waals surface area contributed by atoms with Crippen molar-refractivity contribution in [3.8, 4) is 22.3 Å². The largest absolute Gasteiger partial charge is 0.207 e. The average molecular weight is 489 g/mol. The lowest BCUT2D eigenvalue weighted by Crippen LogP contribution is -2.25. The summed E-state index contributed by atoms with van der Waals surface area (Å²) >= 11 is 0. The highest BCUT2D eigenvalue weighted by Gasteiger charge is 2.31. The SMILES string of the molecule is C=CC1CCC(C2CCC(c3ccc(-c4ccc(-c5ccc(C)c(F)c5F)cc4)cc3F)CC2)CC1. The summed E-state index contributed by atoms with van der Waals surface area (Å²) in [4.78, 5) is 0. The van der Waals surface area contributed by atoms with E-state index in [0.717, 1.165) is 41.4 Å². The monoisotopic (exact) mass is 488 g/mol. The molecular formula is C33H35F3. The molecule has 0 N–H and O–H groups in total. The van der Waals surface area contributed by atoms with E-state index in [0.29, 0.717) is 17.4 Å². The summed E-state index contributed by atoms with van der Waals surface area (Å²) in [6.45, 7) is 5.51. The summed E-state index contributed by atoms with van der Waals surface area (Å²) in [7, 11) is 0. The van der Waals surface area contributed by atoms with Crippen LogP contribution in [0.2, 0.25) is 0 Å².